The Kier molecular flexibility index (Phi) is 5.21. The first kappa shape index (κ1) is 18.6. The van der Waals surface area contributed by atoms with Crippen molar-refractivity contribution >= 4 is 17.3 Å². The number of carbonyl (C=O) groups is 2. The van der Waals surface area contributed by atoms with Gasteiger partial charge in [-0.1, -0.05) is 18.2 Å². The third kappa shape index (κ3) is 3.12. The summed E-state index contributed by atoms with van der Waals surface area (Å²) in [5, 5.41) is 11.5. The Balaban J connectivity index is 2.88. The second-order valence-corrected chi connectivity index (χ2v) is 6.10. The van der Waals surface area contributed by atoms with Crippen molar-refractivity contribution < 1.29 is 14.5 Å². The molecule has 0 saturated heterocycles. The molecule has 2 rings (SSSR count). The number of allylic oxidation sites excluding steroid dienone is 4. The van der Waals surface area contributed by atoms with E-state index >= 15 is 0 Å². The fourth-order valence-corrected chi connectivity index (χ4v) is 3.70. The minimum absolute atomic E-state index is 0.0875. The quantitative estimate of drug-likeness (QED) is 0.601. The number of rotatable bonds is 5. The zero-order valence-electron chi connectivity index (χ0n) is 15.1. The van der Waals surface area contributed by atoms with E-state index in [0.29, 0.717) is 23.3 Å². The van der Waals surface area contributed by atoms with Crippen molar-refractivity contribution in [1.29, 1.82) is 0 Å². The number of nitro groups is 1. The summed E-state index contributed by atoms with van der Waals surface area (Å²) in [6.45, 7) is 9.06. The third-order valence-electron chi connectivity index (χ3n) is 4.69. The molecule has 25 heavy (non-hydrogen) atoms. The highest BCUT2D eigenvalue weighted by molar-refractivity contribution is 6.04. The molecule has 0 radical (unpaired) electrons. The summed E-state index contributed by atoms with van der Waals surface area (Å²) in [5.41, 5.74) is 2.63. The van der Waals surface area contributed by atoms with Gasteiger partial charge in [0.1, 0.15) is 0 Å². The van der Waals surface area contributed by atoms with E-state index in [1.807, 2.05) is 25.7 Å². The van der Waals surface area contributed by atoms with Gasteiger partial charge in [-0.3, -0.25) is 19.7 Å². The highest BCUT2D eigenvalue weighted by atomic mass is 16.6. The van der Waals surface area contributed by atoms with E-state index in [1.165, 1.54) is 19.9 Å². The second-order valence-electron chi connectivity index (χ2n) is 6.10. The summed E-state index contributed by atoms with van der Waals surface area (Å²) in [5.74, 6) is -1.10. The van der Waals surface area contributed by atoms with E-state index in [9.17, 15) is 19.7 Å². The number of nitrogens with zero attached hydrogens (tertiary/aromatic N) is 2. The number of hydrogen-bond donors (Lipinski definition) is 0. The van der Waals surface area contributed by atoms with Crippen LogP contribution in [0.4, 0.5) is 5.69 Å². The lowest BCUT2D eigenvalue weighted by atomic mass is 9.76. The van der Waals surface area contributed by atoms with Gasteiger partial charge in [0.15, 0.2) is 11.6 Å². The normalized spacial score (nSPS) is 15.6. The Morgan fingerprint density at radius 1 is 1.08 bits per heavy atom. The molecule has 0 N–H and O–H groups in total. The van der Waals surface area contributed by atoms with Crippen LogP contribution in [0.15, 0.2) is 46.8 Å². The summed E-state index contributed by atoms with van der Waals surface area (Å²) >= 11 is 0. The largest absolute Gasteiger partial charge is 0.349 e. The van der Waals surface area contributed by atoms with Gasteiger partial charge in [0.2, 0.25) is 0 Å². The first-order valence-electron chi connectivity index (χ1n) is 8.16. The van der Waals surface area contributed by atoms with Gasteiger partial charge in [0.25, 0.3) is 5.69 Å². The Labute approximate surface area is 147 Å². The van der Waals surface area contributed by atoms with E-state index in [-0.39, 0.29) is 17.3 Å². The topological polar surface area (TPSA) is 80.5 Å². The molecule has 0 fully saturated rings. The first-order chi connectivity index (χ1) is 11.7. The summed E-state index contributed by atoms with van der Waals surface area (Å²) < 4.78 is 0. The van der Waals surface area contributed by atoms with E-state index < -0.39 is 10.8 Å². The molecule has 1 aliphatic rings. The zero-order chi connectivity index (χ0) is 18.9. The maximum atomic E-state index is 12.4. The van der Waals surface area contributed by atoms with Crippen molar-refractivity contribution in [3.63, 3.8) is 0 Å². The van der Waals surface area contributed by atoms with Crippen LogP contribution in [0.2, 0.25) is 0 Å². The summed E-state index contributed by atoms with van der Waals surface area (Å²) in [7, 11) is 0. The highest BCUT2D eigenvalue weighted by Crippen LogP contribution is 2.44. The number of ketones is 2. The molecule has 6 heteroatoms. The van der Waals surface area contributed by atoms with Gasteiger partial charge in [-0.15, -0.1) is 0 Å². The van der Waals surface area contributed by atoms with E-state index in [0.717, 1.165) is 11.4 Å². The average molecular weight is 342 g/mol. The van der Waals surface area contributed by atoms with Crippen LogP contribution in [-0.4, -0.2) is 27.9 Å². The molecule has 0 aromatic heterocycles. The highest BCUT2D eigenvalue weighted by Gasteiger charge is 2.38. The molecule has 132 valence electrons. The van der Waals surface area contributed by atoms with Crippen LogP contribution >= 0.6 is 0 Å². The van der Waals surface area contributed by atoms with E-state index in [1.54, 1.807) is 18.2 Å². The van der Waals surface area contributed by atoms with Crippen LogP contribution in [0.3, 0.4) is 0 Å². The predicted octanol–water partition coefficient (Wildman–Crippen LogP) is 3.74. The minimum Gasteiger partial charge on any atom is -0.349 e. The van der Waals surface area contributed by atoms with Crippen LogP contribution in [0, 0.1) is 10.1 Å². The van der Waals surface area contributed by atoms with Crippen molar-refractivity contribution in [1.82, 2.24) is 4.90 Å². The maximum Gasteiger partial charge on any atom is 0.273 e. The number of carbonyl (C=O) groups excluding carboxylic acids is 2. The number of benzene rings is 1. The van der Waals surface area contributed by atoms with Gasteiger partial charge < -0.3 is 4.90 Å². The van der Waals surface area contributed by atoms with E-state index in [4.69, 9.17) is 0 Å². The first-order valence-corrected chi connectivity index (χ1v) is 8.16. The molecule has 0 atom stereocenters. The lowest BCUT2D eigenvalue weighted by Crippen LogP contribution is -2.33. The molecule has 1 aliphatic heterocycles. The molecular weight excluding hydrogens is 320 g/mol. The average Bonchev–Trinajstić information content (AvgIpc) is 2.53. The molecule has 1 aromatic rings. The van der Waals surface area contributed by atoms with Crippen LogP contribution in [0.25, 0.3) is 0 Å². The second kappa shape index (κ2) is 7.01. The van der Waals surface area contributed by atoms with Crippen molar-refractivity contribution in [2.75, 3.05) is 6.54 Å². The van der Waals surface area contributed by atoms with Crippen molar-refractivity contribution in [2.45, 2.75) is 40.5 Å². The Hall–Kier alpha value is -2.76. The molecular formula is C19H22N2O4. The van der Waals surface area contributed by atoms with Crippen molar-refractivity contribution in [2.24, 2.45) is 0 Å². The molecule has 0 saturated carbocycles. The van der Waals surface area contributed by atoms with Gasteiger partial charge >= 0.3 is 0 Å². The zero-order valence-corrected chi connectivity index (χ0v) is 15.1. The predicted molar refractivity (Wildman–Crippen MR) is 95.0 cm³/mol. The SMILES string of the molecule is CCN1C(C)=C(C(C)=O)C(c2ccccc2[N+](=O)[O-])C(C(C)=O)=C1C. The van der Waals surface area contributed by atoms with E-state index in [2.05, 4.69) is 0 Å². The fraction of sp³-hybridized carbons (Fsp3) is 0.368. The molecule has 1 aromatic carbocycles. The molecule has 0 amide bonds. The van der Waals surface area contributed by atoms with Gasteiger partial charge in [-0.25, -0.2) is 0 Å². The number of hydrogen-bond acceptors (Lipinski definition) is 5. The fourth-order valence-electron chi connectivity index (χ4n) is 3.70. The minimum atomic E-state index is -0.723. The Morgan fingerprint density at radius 3 is 1.96 bits per heavy atom. The summed E-state index contributed by atoms with van der Waals surface area (Å²) in [4.78, 5) is 37.8. The lowest BCUT2D eigenvalue weighted by molar-refractivity contribution is -0.385. The van der Waals surface area contributed by atoms with Gasteiger partial charge in [-0.05, 0) is 34.6 Å². The molecule has 0 bridgehead atoms. The monoisotopic (exact) mass is 342 g/mol. The van der Waals surface area contributed by atoms with Gasteiger partial charge in [0, 0.05) is 40.7 Å². The molecule has 1 heterocycles. The number of para-hydroxylation sites is 1. The molecule has 0 aliphatic carbocycles. The summed E-state index contributed by atoms with van der Waals surface area (Å²) in [6.07, 6.45) is 0. The van der Waals surface area contributed by atoms with Crippen LogP contribution in [-0.2, 0) is 9.59 Å². The Morgan fingerprint density at radius 2 is 1.56 bits per heavy atom. The van der Waals surface area contributed by atoms with Crippen LogP contribution in [0.5, 0.6) is 0 Å². The van der Waals surface area contributed by atoms with Crippen LogP contribution in [0.1, 0.15) is 46.1 Å². The number of Topliss-reactive ketones (excluding diaryl/α,β-unsaturated/α-hetero) is 2. The summed E-state index contributed by atoms with van der Waals surface area (Å²) in [6, 6.07) is 6.30. The lowest BCUT2D eigenvalue weighted by Gasteiger charge is -2.37. The van der Waals surface area contributed by atoms with Gasteiger partial charge in [0.05, 0.1) is 10.8 Å². The smallest absolute Gasteiger partial charge is 0.273 e. The van der Waals surface area contributed by atoms with Crippen LogP contribution < -0.4 is 0 Å². The molecule has 0 unspecified atom stereocenters. The van der Waals surface area contributed by atoms with Crippen molar-refractivity contribution in [3.8, 4) is 0 Å². The third-order valence-corrected chi connectivity index (χ3v) is 4.69. The number of nitro benzene ring substituents is 1. The molecule has 0 spiro atoms. The Bertz CT molecular complexity index is 782. The maximum absolute atomic E-state index is 12.4. The molecule has 6 nitrogen and oxygen atoms in total. The van der Waals surface area contributed by atoms with Crippen molar-refractivity contribution in [3.05, 3.63) is 62.5 Å². The standard InChI is InChI=1S/C19H22N2O4/c1-6-20-11(2)17(13(4)22)19(18(12(20)3)14(5)23)15-9-7-8-10-16(15)21(24)25/h7-10,19H,6H2,1-5H3. The van der Waals surface area contributed by atoms with Gasteiger partial charge in [-0.2, -0.15) is 0 Å².